The normalized spacial score (nSPS) is 17.3. The van der Waals surface area contributed by atoms with Gasteiger partial charge in [-0.15, -0.1) is 0 Å². The van der Waals surface area contributed by atoms with Gasteiger partial charge in [0, 0.05) is 17.9 Å². The smallest absolute Gasteiger partial charge is 0.414 e. The molecule has 1 atom stereocenters. The van der Waals surface area contributed by atoms with E-state index in [-0.39, 0.29) is 18.5 Å². The quantitative estimate of drug-likeness (QED) is 0.868. The highest BCUT2D eigenvalue weighted by Gasteiger charge is 2.30. The second kappa shape index (κ2) is 6.13. The third-order valence-corrected chi connectivity index (χ3v) is 3.96. The van der Waals surface area contributed by atoms with E-state index < -0.39 is 5.41 Å². The van der Waals surface area contributed by atoms with Crippen molar-refractivity contribution in [3.05, 3.63) is 24.3 Å². The summed E-state index contributed by atoms with van der Waals surface area (Å²) in [5, 5.41) is 2.87. The van der Waals surface area contributed by atoms with Gasteiger partial charge in [-0.05, 0) is 31.5 Å². The van der Waals surface area contributed by atoms with Crippen molar-refractivity contribution < 1.29 is 14.3 Å². The number of ether oxygens (including phenoxy) is 1. The van der Waals surface area contributed by atoms with Crippen molar-refractivity contribution in [1.82, 2.24) is 0 Å². The molecule has 1 aliphatic heterocycles. The molecule has 2 rings (SSSR count). The average Bonchev–Trinajstić information content (AvgIpc) is 2.92. The lowest BCUT2D eigenvalue weighted by atomic mass is 9.86. The lowest BCUT2D eigenvalue weighted by molar-refractivity contribution is -0.124. The van der Waals surface area contributed by atoms with E-state index in [1.54, 1.807) is 18.2 Å². The summed E-state index contributed by atoms with van der Waals surface area (Å²) in [6.07, 6.45) is 0.298. The number of hydrogen-bond acceptors (Lipinski definition) is 4. The van der Waals surface area contributed by atoms with Gasteiger partial charge in [-0.2, -0.15) is 0 Å². The Hall–Kier alpha value is -2.08. The number of anilines is 2. The first-order valence-electron chi connectivity index (χ1n) is 7.06. The highest BCUT2D eigenvalue weighted by molar-refractivity contribution is 5.96. The van der Waals surface area contributed by atoms with E-state index in [2.05, 4.69) is 5.32 Å². The molecule has 114 valence electrons. The van der Waals surface area contributed by atoms with Gasteiger partial charge in [0.1, 0.15) is 6.61 Å². The lowest BCUT2D eigenvalue weighted by Crippen LogP contribution is -2.39. The number of carbonyl (C=O) groups excluding carboxylic acids is 2. The van der Waals surface area contributed by atoms with E-state index in [4.69, 9.17) is 10.5 Å². The van der Waals surface area contributed by atoms with Crippen molar-refractivity contribution in [2.45, 2.75) is 20.3 Å². The number of nitrogens with two attached hydrogens (primary N) is 1. The second-order valence-corrected chi connectivity index (χ2v) is 5.39. The van der Waals surface area contributed by atoms with E-state index in [1.165, 1.54) is 4.90 Å². The highest BCUT2D eigenvalue weighted by Crippen LogP contribution is 2.25. The van der Waals surface area contributed by atoms with E-state index in [0.29, 0.717) is 30.9 Å². The number of cyclic esters (lactones) is 1. The summed E-state index contributed by atoms with van der Waals surface area (Å²) >= 11 is 0. The van der Waals surface area contributed by atoms with E-state index in [9.17, 15) is 9.59 Å². The molecular formula is C15H21N3O3. The zero-order valence-electron chi connectivity index (χ0n) is 12.4. The van der Waals surface area contributed by atoms with Gasteiger partial charge in [-0.1, -0.05) is 13.0 Å². The Morgan fingerprint density at radius 2 is 2.29 bits per heavy atom. The van der Waals surface area contributed by atoms with Gasteiger partial charge in [0.2, 0.25) is 5.91 Å². The number of rotatable bonds is 5. The molecule has 2 amide bonds. The third kappa shape index (κ3) is 3.16. The van der Waals surface area contributed by atoms with Crippen LogP contribution in [0.3, 0.4) is 0 Å². The third-order valence-electron chi connectivity index (χ3n) is 3.96. The monoisotopic (exact) mass is 291 g/mol. The number of benzene rings is 1. The van der Waals surface area contributed by atoms with Crippen LogP contribution in [0.25, 0.3) is 0 Å². The Morgan fingerprint density at radius 3 is 2.86 bits per heavy atom. The second-order valence-electron chi connectivity index (χ2n) is 5.39. The van der Waals surface area contributed by atoms with Gasteiger partial charge in [0.05, 0.1) is 12.0 Å². The van der Waals surface area contributed by atoms with Crippen molar-refractivity contribution in [3.8, 4) is 0 Å². The van der Waals surface area contributed by atoms with Crippen LogP contribution in [0.5, 0.6) is 0 Å². The molecule has 1 unspecified atom stereocenters. The fraction of sp³-hybridized carbons (Fsp3) is 0.467. The molecule has 6 nitrogen and oxygen atoms in total. The van der Waals surface area contributed by atoms with Gasteiger partial charge < -0.3 is 15.8 Å². The van der Waals surface area contributed by atoms with Gasteiger partial charge in [-0.25, -0.2) is 4.79 Å². The first-order chi connectivity index (χ1) is 10.00. The largest absolute Gasteiger partial charge is 0.447 e. The Labute approximate surface area is 124 Å². The number of hydrogen-bond donors (Lipinski definition) is 2. The SMILES string of the molecule is CCC(C)(CN)C(=O)Nc1cccc(N2CCOC2=O)c1. The Balaban J connectivity index is 2.15. The molecular weight excluding hydrogens is 270 g/mol. The summed E-state index contributed by atoms with van der Waals surface area (Å²) in [5.41, 5.74) is 6.45. The van der Waals surface area contributed by atoms with Crippen LogP contribution in [-0.4, -0.2) is 31.7 Å². The van der Waals surface area contributed by atoms with Crippen LogP contribution < -0.4 is 16.0 Å². The Kier molecular flexibility index (Phi) is 4.47. The molecule has 1 heterocycles. The van der Waals surface area contributed by atoms with E-state index in [0.717, 1.165) is 0 Å². The predicted octanol–water partition coefficient (Wildman–Crippen LogP) is 1.96. The van der Waals surface area contributed by atoms with Crippen LogP contribution in [0.4, 0.5) is 16.2 Å². The van der Waals surface area contributed by atoms with Gasteiger partial charge >= 0.3 is 6.09 Å². The molecule has 0 radical (unpaired) electrons. The molecule has 1 aromatic rings. The minimum Gasteiger partial charge on any atom is -0.447 e. The van der Waals surface area contributed by atoms with Crippen molar-refractivity contribution in [2.75, 3.05) is 29.9 Å². The van der Waals surface area contributed by atoms with Crippen molar-refractivity contribution in [2.24, 2.45) is 11.1 Å². The Morgan fingerprint density at radius 1 is 1.52 bits per heavy atom. The highest BCUT2D eigenvalue weighted by atomic mass is 16.6. The molecule has 1 saturated heterocycles. The summed E-state index contributed by atoms with van der Waals surface area (Å²) in [6.45, 7) is 4.96. The standard InChI is InChI=1S/C15H21N3O3/c1-3-15(2,10-16)13(19)17-11-5-4-6-12(9-11)18-7-8-21-14(18)20/h4-6,9H,3,7-8,10,16H2,1-2H3,(H,17,19). The molecule has 0 spiro atoms. The number of carbonyl (C=O) groups is 2. The maximum atomic E-state index is 12.3. The number of nitrogens with zero attached hydrogens (tertiary/aromatic N) is 1. The van der Waals surface area contributed by atoms with Crippen molar-refractivity contribution >= 4 is 23.4 Å². The summed E-state index contributed by atoms with van der Waals surface area (Å²) in [4.78, 5) is 25.4. The van der Waals surface area contributed by atoms with Gasteiger partial charge in [0.25, 0.3) is 0 Å². The van der Waals surface area contributed by atoms with Crippen molar-refractivity contribution in [1.29, 1.82) is 0 Å². The molecule has 21 heavy (non-hydrogen) atoms. The summed E-state index contributed by atoms with van der Waals surface area (Å²) in [6, 6.07) is 7.15. The minimum absolute atomic E-state index is 0.117. The van der Waals surface area contributed by atoms with E-state index >= 15 is 0 Å². The van der Waals surface area contributed by atoms with Crippen LogP contribution in [0.15, 0.2) is 24.3 Å². The summed E-state index contributed by atoms with van der Waals surface area (Å²) in [5.74, 6) is -0.117. The Bertz CT molecular complexity index is 541. The first-order valence-corrected chi connectivity index (χ1v) is 7.06. The van der Waals surface area contributed by atoms with Crippen LogP contribution in [0, 0.1) is 5.41 Å². The minimum atomic E-state index is -0.595. The van der Waals surface area contributed by atoms with Crippen LogP contribution in [0.2, 0.25) is 0 Å². The lowest BCUT2D eigenvalue weighted by Gasteiger charge is -2.25. The zero-order chi connectivity index (χ0) is 15.5. The van der Waals surface area contributed by atoms with Crippen LogP contribution in [0.1, 0.15) is 20.3 Å². The molecule has 0 bridgehead atoms. The summed E-state index contributed by atoms with van der Waals surface area (Å²) < 4.78 is 4.91. The maximum absolute atomic E-state index is 12.3. The first kappa shape index (κ1) is 15.3. The maximum Gasteiger partial charge on any atom is 0.414 e. The number of nitrogens with one attached hydrogen (secondary N) is 1. The number of amides is 2. The zero-order valence-corrected chi connectivity index (χ0v) is 12.4. The molecule has 0 saturated carbocycles. The molecule has 1 aliphatic rings. The molecule has 1 aromatic carbocycles. The van der Waals surface area contributed by atoms with Crippen LogP contribution in [-0.2, 0) is 9.53 Å². The molecule has 1 fully saturated rings. The topological polar surface area (TPSA) is 84.7 Å². The molecule has 3 N–H and O–H groups in total. The average molecular weight is 291 g/mol. The van der Waals surface area contributed by atoms with Crippen molar-refractivity contribution in [3.63, 3.8) is 0 Å². The fourth-order valence-corrected chi connectivity index (χ4v) is 2.06. The van der Waals surface area contributed by atoms with Crippen LogP contribution >= 0.6 is 0 Å². The predicted molar refractivity (Wildman–Crippen MR) is 81.2 cm³/mol. The molecule has 0 aromatic heterocycles. The van der Waals surface area contributed by atoms with Gasteiger partial charge in [-0.3, -0.25) is 9.69 Å². The van der Waals surface area contributed by atoms with Gasteiger partial charge in [0.15, 0.2) is 0 Å². The molecule has 0 aliphatic carbocycles. The molecule has 6 heteroatoms. The fourth-order valence-electron chi connectivity index (χ4n) is 2.06. The summed E-state index contributed by atoms with van der Waals surface area (Å²) in [7, 11) is 0. The van der Waals surface area contributed by atoms with E-state index in [1.807, 2.05) is 19.9 Å².